The number of thiocarbonyl (C=S) groups is 1. The Balaban J connectivity index is 1.50. The average Bonchev–Trinajstić information content (AvgIpc) is 2.92. The van der Waals surface area contributed by atoms with Gasteiger partial charge in [-0.25, -0.2) is 0 Å². The largest absolute Gasteiger partial charge is 0.490 e. The van der Waals surface area contributed by atoms with Gasteiger partial charge in [0.25, 0.3) is 5.91 Å². The van der Waals surface area contributed by atoms with E-state index in [1.807, 2.05) is 61.5 Å². The molecule has 6 heteroatoms. The van der Waals surface area contributed by atoms with Crippen LogP contribution in [0.1, 0.15) is 11.1 Å². The van der Waals surface area contributed by atoms with Gasteiger partial charge in [0.05, 0.1) is 4.91 Å². The Hall–Kier alpha value is -2.31. The fourth-order valence-corrected chi connectivity index (χ4v) is 3.31. The molecule has 0 atom stereocenters. The van der Waals surface area contributed by atoms with Gasteiger partial charge in [-0.15, -0.1) is 0 Å². The van der Waals surface area contributed by atoms with Gasteiger partial charge in [0, 0.05) is 0 Å². The van der Waals surface area contributed by atoms with Gasteiger partial charge in [-0.3, -0.25) is 4.79 Å². The number of thioether (sulfide) groups is 1. The second kappa shape index (κ2) is 8.18. The number of benzene rings is 2. The number of hydrogen-bond acceptors (Lipinski definition) is 5. The highest BCUT2D eigenvalue weighted by Crippen LogP contribution is 2.26. The standard InChI is InChI=1S/C19H17NO3S2/c1-13-4-2-3-5-16(13)23-11-10-22-15-8-6-14(7-9-15)12-17-18(21)20-19(24)25-17/h2-9,12H,10-11H2,1H3,(H,20,21,24)/b17-12-. The fourth-order valence-electron chi connectivity index (χ4n) is 2.26. The summed E-state index contributed by atoms with van der Waals surface area (Å²) in [6.45, 7) is 2.95. The topological polar surface area (TPSA) is 47.6 Å². The summed E-state index contributed by atoms with van der Waals surface area (Å²) in [6, 6.07) is 15.4. The molecule has 2 aromatic carbocycles. The predicted molar refractivity (Wildman–Crippen MR) is 105 cm³/mol. The van der Waals surface area contributed by atoms with Crippen molar-refractivity contribution in [1.29, 1.82) is 0 Å². The fraction of sp³-hybridized carbons (Fsp3) is 0.158. The molecule has 0 aliphatic carbocycles. The van der Waals surface area contributed by atoms with E-state index in [1.54, 1.807) is 0 Å². The highest BCUT2D eigenvalue weighted by Gasteiger charge is 2.21. The second-order valence-electron chi connectivity index (χ2n) is 5.38. The van der Waals surface area contributed by atoms with Gasteiger partial charge in [-0.05, 0) is 42.3 Å². The Kier molecular flexibility index (Phi) is 5.73. The van der Waals surface area contributed by atoms with Crippen molar-refractivity contribution in [3.05, 3.63) is 64.6 Å². The number of nitrogens with one attached hydrogen (secondary N) is 1. The van der Waals surface area contributed by atoms with Crippen LogP contribution >= 0.6 is 24.0 Å². The van der Waals surface area contributed by atoms with E-state index in [9.17, 15) is 4.79 Å². The molecule has 1 fully saturated rings. The van der Waals surface area contributed by atoms with Gasteiger partial charge in [0.15, 0.2) is 0 Å². The number of carbonyl (C=O) groups excluding carboxylic acids is 1. The molecular formula is C19H17NO3S2. The summed E-state index contributed by atoms with van der Waals surface area (Å²) in [5, 5.41) is 2.60. The van der Waals surface area contributed by atoms with Crippen LogP contribution < -0.4 is 14.8 Å². The van der Waals surface area contributed by atoms with Gasteiger partial charge in [-0.1, -0.05) is 54.3 Å². The Morgan fingerprint density at radius 1 is 1.08 bits per heavy atom. The van der Waals surface area contributed by atoms with Crippen molar-refractivity contribution in [3.63, 3.8) is 0 Å². The Morgan fingerprint density at radius 2 is 1.80 bits per heavy atom. The number of amides is 1. The lowest BCUT2D eigenvalue weighted by molar-refractivity contribution is -0.115. The van der Waals surface area contributed by atoms with Gasteiger partial charge in [0.1, 0.15) is 29.0 Å². The van der Waals surface area contributed by atoms with Crippen LogP contribution in [0.15, 0.2) is 53.4 Å². The Labute approximate surface area is 156 Å². The number of ether oxygens (including phenoxy) is 2. The summed E-state index contributed by atoms with van der Waals surface area (Å²) in [5.41, 5.74) is 2.03. The number of aryl methyl sites for hydroxylation is 1. The van der Waals surface area contributed by atoms with Crippen LogP contribution in [0, 0.1) is 6.92 Å². The van der Waals surface area contributed by atoms with Gasteiger partial charge < -0.3 is 14.8 Å². The van der Waals surface area contributed by atoms with Crippen LogP contribution in [0.2, 0.25) is 0 Å². The minimum atomic E-state index is -0.149. The maximum atomic E-state index is 11.6. The number of hydrogen-bond donors (Lipinski definition) is 1. The third-order valence-electron chi connectivity index (χ3n) is 3.52. The van der Waals surface area contributed by atoms with Crippen molar-refractivity contribution >= 4 is 40.3 Å². The summed E-state index contributed by atoms with van der Waals surface area (Å²) >= 11 is 6.24. The lowest BCUT2D eigenvalue weighted by Gasteiger charge is -2.10. The highest BCUT2D eigenvalue weighted by atomic mass is 32.2. The molecule has 0 radical (unpaired) electrons. The van der Waals surface area contributed by atoms with Gasteiger partial charge >= 0.3 is 0 Å². The van der Waals surface area contributed by atoms with Crippen LogP contribution in [0.5, 0.6) is 11.5 Å². The summed E-state index contributed by atoms with van der Waals surface area (Å²) < 4.78 is 11.9. The molecule has 0 bridgehead atoms. The summed E-state index contributed by atoms with van der Waals surface area (Å²) in [4.78, 5) is 12.2. The van der Waals surface area contributed by atoms with E-state index in [0.29, 0.717) is 22.4 Å². The van der Waals surface area contributed by atoms with Gasteiger partial charge in [-0.2, -0.15) is 0 Å². The number of para-hydroxylation sites is 1. The second-order valence-corrected chi connectivity index (χ2v) is 7.10. The molecule has 1 N–H and O–H groups in total. The monoisotopic (exact) mass is 371 g/mol. The maximum absolute atomic E-state index is 11.6. The summed E-state index contributed by atoms with van der Waals surface area (Å²) in [5.74, 6) is 1.48. The number of rotatable bonds is 6. The first kappa shape index (κ1) is 17.5. The van der Waals surface area contributed by atoms with Crippen molar-refractivity contribution in [1.82, 2.24) is 5.32 Å². The molecule has 1 heterocycles. The van der Waals surface area contributed by atoms with E-state index >= 15 is 0 Å². The van der Waals surface area contributed by atoms with Gasteiger partial charge in [0.2, 0.25) is 0 Å². The van der Waals surface area contributed by atoms with Crippen LogP contribution in [0.4, 0.5) is 0 Å². The molecule has 1 amide bonds. The molecule has 128 valence electrons. The van der Waals surface area contributed by atoms with E-state index < -0.39 is 0 Å². The maximum Gasteiger partial charge on any atom is 0.263 e. The smallest absolute Gasteiger partial charge is 0.263 e. The lowest BCUT2D eigenvalue weighted by atomic mass is 10.2. The molecule has 1 aliphatic rings. The van der Waals surface area contributed by atoms with E-state index in [1.165, 1.54) is 11.8 Å². The van der Waals surface area contributed by atoms with Crippen LogP contribution in [-0.2, 0) is 4.79 Å². The molecule has 0 spiro atoms. The molecule has 2 aromatic rings. The van der Waals surface area contributed by atoms with Crippen molar-refractivity contribution in [2.24, 2.45) is 0 Å². The van der Waals surface area contributed by atoms with E-state index in [-0.39, 0.29) is 5.91 Å². The molecule has 0 unspecified atom stereocenters. The van der Waals surface area contributed by atoms with Crippen LogP contribution in [-0.4, -0.2) is 23.4 Å². The molecule has 1 aliphatic heterocycles. The predicted octanol–water partition coefficient (Wildman–Crippen LogP) is 3.94. The van der Waals surface area contributed by atoms with E-state index in [0.717, 1.165) is 22.6 Å². The molecule has 4 nitrogen and oxygen atoms in total. The zero-order chi connectivity index (χ0) is 17.6. The Bertz CT molecular complexity index is 816. The van der Waals surface area contributed by atoms with E-state index in [2.05, 4.69) is 5.32 Å². The van der Waals surface area contributed by atoms with Crippen molar-refractivity contribution in [2.75, 3.05) is 13.2 Å². The first-order chi connectivity index (χ1) is 12.1. The lowest BCUT2D eigenvalue weighted by Crippen LogP contribution is -2.17. The summed E-state index contributed by atoms with van der Waals surface area (Å²) in [6.07, 6.45) is 1.81. The zero-order valence-electron chi connectivity index (χ0n) is 13.7. The molecular weight excluding hydrogens is 354 g/mol. The van der Waals surface area contributed by atoms with Crippen molar-refractivity contribution in [2.45, 2.75) is 6.92 Å². The zero-order valence-corrected chi connectivity index (χ0v) is 15.3. The molecule has 3 rings (SSSR count). The SMILES string of the molecule is Cc1ccccc1OCCOc1ccc(/C=C2\SC(=S)NC2=O)cc1. The third-order valence-corrected chi connectivity index (χ3v) is 4.69. The minimum Gasteiger partial charge on any atom is -0.490 e. The summed E-state index contributed by atoms with van der Waals surface area (Å²) in [7, 11) is 0. The van der Waals surface area contributed by atoms with Crippen molar-refractivity contribution < 1.29 is 14.3 Å². The Morgan fingerprint density at radius 3 is 2.48 bits per heavy atom. The molecule has 1 saturated heterocycles. The minimum absolute atomic E-state index is 0.149. The number of carbonyl (C=O) groups is 1. The van der Waals surface area contributed by atoms with Crippen LogP contribution in [0.3, 0.4) is 0 Å². The normalized spacial score (nSPS) is 15.3. The van der Waals surface area contributed by atoms with E-state index in [4.69, 9.17) is 21.7 Å². The molecule has 25 heavy (non-hydrogen) atoms. The highest BCUT2D eigenvalue weighted by molar-refractivity contribution is 8.26. The first-order valence-corrected chi connectivity index (χ1v) is 9.00. The molecule has 0 aromatic heterocycles. The molecule has 0 saturated carbocycles. The third kappa shape index (κ3) is 4.84. The first-order valence-electron chi connectivity index (χ1n) is 7.78. The quantitative estimate of drug-likeness (QED) is 0.473. The van der Waals surface area contributed by atoms with Crippen molar-refractivity contribution in [3.8, 4) is 11.5 Å². The van der Waals surface area contributed by atoms with Crippen LogP contribution in [0.25, 0.3) is 6.08 Å². The average molecular weight is 371 g/mol.